The molecular formula is C18H18N4O3S. The van der Waals surface area contributed by atoms with Crippen LogP contribution in [-0.4, -0.2) is 26.8 Å². The molecule has 134 valence electrons. The van der Waals surface area contributed by atoms with Crippen LogP contribution in [0.3, 0.4) is 0 Å². The van der Waals surface area contributed by atoms with Crippen molar-refractivity contribution < 1.29 is 14.1 Å². The molecule has 2 aromatic heterocycles. The van der Waals surface area contributed by atoms with E-state index in [9.17, 15) is 4.79 Å². The number of carbonyl (C=O) groups excluding carboxylic acids is 1. The van der Waals surface area contributed by atoms with E-state index in [2.05, 4.69) is 20.4 Å². The number of hydrogen-bond donors (Lipinski definition) is 1. The fourth-order valence-electron chi connectivity index (χ4n) is 2.20. The average molecular weight is 370 g/mol. The summed E-state index contributed by atoms with van der Waals surface area (Å²) >= 11 is 1.52. The number of rotatable bonds is 7. The average Bonchev–Trinajstić information content (AvgIpc) is 2.96. The molecule has 0 fully saturated rings. The van der Waals surface area contributed by atoms with Crippen molar-refractivity contribution in [1.29, 1.82) is 0 Å². The maximum Gasteiger partial charge on any atom is 0.321 e. The molecule has 3 aromatic rings. The van der Waals surface area contributed by atoms with Gasteiger partial charge in [-0.2, -0.15) is 0 Å². The summed E-state index contributed by atoms with van der Waals surface area (Å²) in [5.74, 6) is 2.37. The van der Waals surface area contributed by atoms with Crippen molar-refractivity contribution in [2.45, 2.75) is 19.6 Å². The summed E-state index contributed by atoms with van der Waals surface area (Å²) in [7, 11) is 0. The van der Waals surface area contributed by atoms with Crippen LogP contribution in [0.1, 0.15) is 17.0 Å². The first kappa shape index (κ1) is 17.9. The highest BCUT2D eigenvalue weighted by atomic mass is 32.2. The standard InChI is InChI=1S/C18H18N4O3S/c1-12-16(13(2)25-22-12)10-26-11-17(23)21-14-4-6-15(7-5-14)24-18-19-8-3-9-20-18/h3-9H,10-11H2,1-2H3,(H,21,23). The third kappa shape index (κ3) is 4.82. The Balaban J connectivity index is 1.47. The third-order valence-corrected chi connectivity index (χ3v) is 4.51. The molecule has 26 heavy (non-hydrogen) atoms. The summed E-state index contributed by atoms with van der Waals surface area (Å²) in [5.41, 5.74) is 2.62. The number of aryl methyl sites for hydroxylation is 2. The van der Waals surface area contributed by atoms with Gasteiger partial charge in [-0.25, -0.2) is 9.97 Å². The Morgan fingerprint density at radius 3 is 2.58 bits per heavy atom. The van der Waals surface area contributed by atoms with Gasteiger partial charge in [0.25, 0.3) is 0 Å². The minimum Gasteiger partial charge on any atom is -0.424 e. The predicted octanol–water partition coefficient (Wildman–Crippen LogP) is 3.75. The topological polar surface area (TPSA) is 90.1 Å². The first-order valence-electron chi connectivity index (χ1n) is 7.96. The zero-order valence-corrected chi connectivity index (χ0v) is 15.2. The molecule has 0 spiro atoms. The number of amides is 1. The summed E-state index contributed by atoms with van der Waals surface area (Å²) < 4.78 is 10.6. The van der Waals surface area contributed by atoms with Crippen LogP contribution in [-0.2, 0) is 10.5 Å². The minimum absolute atomic E-state index is 0.0678. The second-order valence-corrected chi connectivity index (χ2v) is 6.49. The Kier molecular flexibility index (Phi) is 5.85. The molecule has 0 aliphatic rings. The highest BCUT2D eigenvalue weighted by molar-refractivity contribution is 7.99. The van der Waals surface area contributed by atoms with Gasteiger partial charge in [-0.3, -0.25) is 4.79 Å². The Morgan fingerprint density at radius 1 is 1.19 bits per heavy atom. The van der Waals surface area contributed by atoms with E-state index in [0.29, 0.717) is 22.9 Å². The van der Waals surface area contributed by atoms with Gasteiger partial charge in [0, 0.05) is 29.4 Å². The molecule has 1 amide bonds. The second kappa shape index (κ2) is 8.48. The van der Waals surface area contributed by atoms with E-state index in [4.69, 9.17) is 9.26 Å². The molecule has 1 aromatic carbocycles. The molecule has 3 rings (SSSR count). The second-order valence-electron chi connectivity index (χ2n) is 5.50. The van der Waals surface area contributed by atoms with E-state index >= 15 is 0 Å². The van der Waals surface area contributed by atoms with Gasteiger partial charge in [0.05, 0.1) is 11.4 Å². The summed E-state index contributed by atoms with van der Waals surface area (Å²) in [6, 6.07) is 9.05. The quantitative estimate of drug-likeness (QED) is 0.677. The number of nitrogens with one attached hydrogen (secondary N) is 1. The molecule has 0 saturated heterocycles. The van der Waals surface area contributed by atoms with Crippen LogP contribution < -0.4 is 10.1 Å². The van der Waals surface area contributed by atoms with Gasteiger partial charge in [0.15, 0.2) is 0 Å². The van der Waals surface area contributed by atoms with Gasteiger partial charge in [-0.05, 0) is 44.2 Å². The minimum atomic E-state index is -0.0678. The lowest BCUT2D eigenvalue weighted by Gasteiger charge is -2.07. The van der Waals surface area contributed by atoms with E-state index in [1.54, 1.807) is 42.7 Å². The van der Waals surface area contributed by atoms with Crippen molar-refractivity contribution in [2.75, 3.05) is 11.1 Å². The number of aromatic nitrogens is 3. The Morgan fingerprint density at radius 2 is 1.92 bits per heavy atom. The Bertz CT molecular complexity index is 846. The molecule has 0 aliphatic carbocycles. The summed E-state index contributed by atoms with van der Waals surface area (Å²) in [6.07, 6.45) is 3.22. The van der Waals surface area contributed by atoms with Gasteiger partial charge in [0.1, 0.15) is 11.5 Å². The third-order valence-electron chi connectivity index (χ3n) is 3.55. The zero-order valence-electron chi connectivity index (χ0n) is 14.4. The van der Waals surface area contributed by atoms with Crippen LogP contribution in [0.15, 0.2) is 47.2 Å². The lowest BCUT2D eigenvalue weighted by molar-refractivity contribution is -0.113. The summed E-state index contributed by atoms with van der Waals surface area (Å²) in [5, 5.41) is 6.77. The molecule has 2 heterocycles. The van der Waals surface area contributed by atoms with Crippen molar-refractivity contribution in [3.8, 4) is 11.8 Å². The molecule has 0 unspecified atom stereocenters. The molecular weight excluding hydrogens is 352 g/mol. The maximum atomic E-state index is 12.1. The normalized spacial score (nSPS) is 10.5. The fourth-order valence-corrected chi connectivity index (χ4v) is 3.18. The molecule has 0 bridgehead atoms. The van der Waals surface area contributed by atoms with Crippen molar-refractivity contribution in [2.24, 2.45) is 0 Å². The van der Waals surface area contributed by atoms with Gasteiger partial charge >= 0.3 is 6.01 Å². The molecule has 8 heteroatoms. The zero-order chi connectivity index (χ0) is 18.4. The molecule has 1 N–H and O–H groups in total. The molecule has 0 saturated carbocycles. The van der Waals surface area contributed by atoms with Crippen molar-refractivity contribution >= 4 is 23.4 Å². The van der Waals surface area contributed by atoms with Crippen LogP contribution in [0.2, 0.25) is 0 Å². The van der Waals surface area contributed by atoms with E-state index in [1.165, 1.54) is 11.8 Å². The van der Waals surface area contributed by atoms with E-state index in [-0.39, 0.29) is 11.9 Å². The monoisotopic (exact) mass is 370 g/mol. The maximum absolute atomic E-state index is 12.1. The Hall–Kier alpha value is -2.87. The number of benzene rings is 1. The van der Waals surface area contributed by atoms with Gasteiger partial charge in [-0.15, -0.1) is 11.8 Å². The van der Waals surface area contributed by atoms with Crippen LogP contribution in [0, 0.1) is 13.8 Å². The van der Waals surface area contributed by atoms with E-state index < -0.39 is 0 Å². The van der Waals surface area contributed by atoms with Gasteiger partial charge in [-0.1, -0.05) is 5.16 Å². The van der Waals surface area contributed by atoms with Crippen LogP contribution in [0.5, 0.6) is 11.8 Å². The largest absolute Gasteiger partial charge is 0.424 e. The molecule has 0 atom stereocenters. The van der Waals surface area contributed by atoms with Crippen LogP contribution in [0.25, 0.3) is 0 Å². The number of hydrogen-bond acceptors (Lipinski definition) is 7. The first-order valence-corrected chi connectivity index (χ1v) is 9.11. The van der Waals surface area contributed by atoms with E-state index in [1.807, 2.05) is 13.8 Å². The SMILES string of the molecule is Cc1noc(C)c1CSCC(=O)Nc1ccc(Oc2ncccn2)cc1. The molecule has 0 radical (unpaired) electrons. The number of nitrogens with zero attached hydrogens (tertiary/aromatic N) is 3. The lowest BCUT2D eigenvalue weighted by atomic mass is 10.2. The number of thioether (sulfide) groups is 1. The smallest absolute Gasteiger partial charge is 0.321 e. The fraction of sp³-hybridized carbons (Fsp3) is 0.222. The van der Waals surface area contributed by atoms with Crippen molar-refractivity contribution in [3.05, 3.63) is 59.7 Å². The van der Waals surface area contributed by atoms with Gasteiger partial charge < -0.3 is 14.6 Å². The lowest BCUT2D eigenvalue weighted by Crippen LogP contribution is -2.14. The van der Waals surface area contributed by atoms with Crippen LogP contribution >= 0.6 is 11.8 Å². The van der Waals surface area contributed by atoms with Crippen molar-refractivity contribution in [3.63, 3.8) is 0 Å². The Labute approximate surface area is 155 Å². The van der Waals surface area contributed by atoms with Crippen molar-refractivity contribution in [1.82, 2.24) is 15.1 Å². The first-order chi connectivity index (χ1) is 12.6. The predicted molar refractivity (Wildman–Crippen MR) is 99.3 cm³/mol. The molecule has 0 aliphatic heterocycles. The number of carbonyl (C=O) groups is 1. The summed E-state index contributed by atoms with van der Waals surface area (Å²) in [6.45, 7) is 3.77. The van der Waals surface area contributed by atoms with Gasteiger partial charge in [0.2, 0.25) is 5.91 Å². The van der Waals surface area contributed by atoms with Crippen LogP contribution in [0.4, 0.5) is 5.69 Å². The highest BCUT2D eigenvalue weighted by Crippen LogP contribution is 2.21. The number of anilines is 1. The highest BCUT2D eigenvalue weighted by Gasteiger charge is 2.10. The summed E-state index contributed by atoms with van der Waals surface area (Å²) in [4.78, 5) is 20.1. The number of ether oxygens (including phenoxy) is 1. The molecule has 7 nitrogen and oxygen atoms in total. The van der Waals surface area contributed by atoms with E-state index in [0.717, 1.165) is 17.0 Å².